The predicted octanol–water partition coefficient (Wildman–Crippen LogP) is 0.233. The summed E-state index contributed by atoms with van der Waals surface area (Å²) >= 11 is 0. The third-order valence-corrected chi connectivity index (χ3v) is 4.25. The van der Waals surface area contributed by atoms with Gasteiger partial charge in [-0.25, -0.2) is 0 Å². The van der Waals surface area contributed by atoms with Gasteiger partial charge in [0, 0.05) is 32.0 Å². The Kier molecular flexibility index (Phi) is 2.86. The number of rotatable bonds is 2. The molecule has 3 aliphatic rings. The third-order valence-electron chi connectivity index (χ3n) is 4.25. The van der Waals surface area contributed by atoms with E-state index in [2.05, 4.69) is 5.32 Å². The van der Waals surface area contributed by atoms with Crippen molar-refractivity contribution in [3.63, 3.8) is 0 Å². The van der Waals surface area contributed by atoms with Gasteiger partial charge in [-0.3, -0.25) is 4.79 Å². The Labute approximate surface area is 96.3 Å². The summed E-state index contributed by atoms with van der Waals surface area (Å²) in [4.78, 5) is 13.6. The van der Waals surface area contributed by atoms with E-state index in [1.54, 1.807) is 0 Å². The maximum atomic E-state index is 11.6. The van der Waals surface area contributed by atoms with Crippen molar-refractivity contribution in [2.24, 2.45) is 11.8 Å². The van der Waals surface area contributed by atoms with E-state index >= 15 is 0 Å². The fraction of sp³-hybridized carbons (Fsp3) is 0.917. The van der Waals surface area contributed by atoms with Gasteiger partial charge in [-0.15, -0.1) is 0 Å². The van der Waals surface area contributed by atoms with Crippen molar-refractivity contribution in [3.8, 4) is 0 Å². The van der Waals surface area contributed by atoms with Gasteiger partial charge in [0.15, 0.2) is 0 Å². The van der Waals surface area contributed by atoms with Crippen LogP contribution in [0, 0.1) is 11.8 Å². The first-order chi connectivity index (χ1) is 7.84. The largest absolute Gasteiger partial charge is 0.376 e. The molecule has 3 atom stereocenters. The molecule has 0 saturated carbocycles. The highest BCUT2D eigenvalue weighted by molar-refractivity contribution is 5.78. The predicted molar refractivity (Wildman–Crippen MR) is 60.0 cm³/mol. The normalized spacial score (nSPS) is 39.1. The van der Waals surface area contributed by atoms with Gasteiger partial charge in [0.05, 0.1) is 12.7 Å². The maximum absolute atomic E-state index is 11.6. The van der Waals surface area contributed by atoms with Crippen molar-refractivity contribution in [1.82, 2.24) is 10.2 Å². The lowest BCUT2D eigenvalue weighted by Crippen LogP contribution is -2.43. The second kappa shape index (κ2) is 4.34. The van der Waals surface area contributed by atoms with Crippen LogP contribution in [-0.2, 0) is 9.53 Å². The highest BCUT2D eigenvalue weighted by Gasteiger charge is 2.40. The highest BCUT2D eigenvalue weighted by Crippen LogP contribution is 2.32. The molecule has 4 nitrogen and oxygen atoms in total. The number of nitrogens with one attached hydrogen (secondary N) is 1. The van der Waals surface area contributed by atoms with E-state index in [-0.39, 0.29) is 6.10 Å². The van der Waals surface area contributed by atoms with Crippen molar-refractivity contribution >= 4 is 5.91 Å². The summed E-state index contributed by atoms with van der Waals surface area (Å²) in [6.07, 6.45) is 3.27. The number of likely N-dealkylation sites (tertiary alicyclic amines) is 1. The molecule has 0 aromatic heterocycles. The fourth-order valence-electron chi connectivity index (χ4n) is 3.25. The maximum Gasteiger partial charge on any atom is 0.222 e. The summed E-state index contributed by atoms with van der Waals surface area (Å²) in [6.45, 7) is 4.85. The molecule has 1 amide bonds. The molecule has 3 rings (SSSR count). The van der Waals surface area contributed by atoms with E-state index in [0.717, 1.165) is 51.5 Å². The van der Waals surface area contributed by atoms with Gasteiger partial charge in [-0.2, -0.15) is 0 Å². The number of carbonyl (C=O) groups is 1. The fourth-order valence-corrected chi connectivity index (χ4v) is 3.25. The Hall–Kier alpha value is -0.610. The van der Waals surface area contributed by atoms with E-state index in [4.69, 9.17) is 4.74 Å². The SMILES string of the molecule is O=C1CCCN1C[C@H]1OC[C@@H]2CCNC[C@@H]21. The molecule has 90 valence electrons. The summed E-state index contributed by atoms with van der Waals surface area (Å²) in [5, 5.41) is 3.44. The lowest BCUT2D eigenvalue weighted by atomic mass is 9.85. The lowest BCUT2D eigenvalue weighted by molar-refractivity contribution is -0.129. The molecule has 0 aromatic carbocycles. The van der Waals surface area contributed by atoms with Crippen molar-refractivity contribution in [1.29, 1.82) is 0 Å². The minimum Gasteiger partial charge on any atom is -0.376 e. The van der Waals surface area contributed by atoms with E-state index < -0.39 is 0 Å². The molecule has 1 N–H and O–H groups in total. The van der Waals surface area contributed by atoms with Gasteiger partial charge in [-0.1, -0.05) is 0 Å². The Morgan fingerprint density at radius 3 is 3.25 bits per heavy atom. The first kappa shape index (κ1) is 10.5. The lowest BCUT2D eigenvalue weighted by Gasteiger charge is -2.30. The molecule has 0 radical (unpaired) electrons. The Bertz CT molecular complexity index is 282. The zero-order valence-corrected chi connectivity index (χ0v) is 9.65. The van der Waals surface area contributed by atoms with Crippen LogP contribution in [0.2, 0.25) is 0 Å². The van der Waals surface area contributed by atoms with Gasteiger partial charge in [-0.05, 0) is 25.3 Å². The second-order valence-electron chi connectivity index (χ2n) is 5.23. The van der Waals surface area contributed by atoms with Crippen molar-refractivity contribution < 1.29 is 9.53 Å². The summed E-state index contributed by atoms with van der Waals surface area (Å²) < 4.78 is 5.88. The van der Waals surface area contributed by atoms with Gasteiger partial charge >= 0.3 is 0 Å². The number of nitrogens with zero attached hydrogens (tertiary/aromatic N) is 1. The molecule has 0 unspecified atom stereocenters. The van der Waals surface area contributed by atoms with Crippen molar-refractivity contribution in [2.75, 3.05) is 32.8 Å². The number of fused-ring (bicyclic) bond motifs is 1. The number of hydrogen-bond donors (Lipinski definition) is 1. The van der Waals surface area contributed by atoms with E-state index in [0.29, 0.717) is 11.8 Å². The Morgan fingerprint density at radius 2 is 2.44 bits per heavy atom. The molecular formula is C12H20N2O2. The van der Waals surface area contributed by atoms with Crippen LogP contribution in [0.25, 0.3) is 0 Å². The number of amides is 1. The topological polar surface area (TPSA) is 41.6 Å². The average molecular weight is 224 g/mol. The standard InChI is InChI=1S/C12H20N2O2/c15-12-2-1-5-14(12)7-11-10-6-13-4-3-9(10)8-16-11/h9-11,13H,1-8H2/t9-,10-,11+/m0/s1. The molecule has 3 fully saturated rings. The van der Waals surface area contributed by atoms with Crippen LogP contribution in [-0.4, -0.2) is 49.7 Å². The number of ether oxygens (including phenoxy) is 1. The zero-order valence-electron chi connectivity index (χ0n) is 9.65. The van der Waals surface area contributed by atoms with Crippen LogP contribution in [0.15, 0.2) is 0 Å². The van der Waals surface area contributed by atoms with E-state index in [1.165, 1.54) is 6.42 Å². The van der Waals surface area contributed by atoms with Crippen LogP contribution < -0.4 is 5.32 Å². The highest BCUT2D eigenvalue weighted by atomic mass is 16.5. The first-order valence-electron chi connectivity index (χ1n) is 6.44. The molecular weight excluding hydrogens is 204 g/mol. The Morgan fingerprint density at radius 1 is 1.50 bits per heavy atom. The average Bonchev–Trinajstić information content (AvgIpc) is 2.88. The molecule has 0 aliphatic carbocycles. The van der Waals surface area contributed by atoms with Gasteiger partial charge in [0.2, 0.25) is 5.91 Å². The first-order valence-corrected chi connectivity index (χ1v) is 6.44. The molecule has 0 aromatic rings. The van der Waals surface area contributed by atoms with Gasteiger partial charge in [0.1, 0.15) is 0 Å². The van der Waals surface area contributed by atoms with E-state index in [9.17, 15) is 4.79 Å². The van der Waals surface area contributed by atoms with E-state index in [1.807, 2.05) is 4.90 Å². The van der Waals surface area contributed by atoms with Crippen molar-refractivity contribution in [2.45, 2.75) is 25.4 Å². The number of piperidine rings is 1. The Balaban J connectivity index is 1.60. The summed E-state index contributed by atoms with van der Waals surface area (Å²) in [7, 11) is 0. The zero-order chi connectivity index (χ0) is 11.0. The smallest absolute Gasteiger partial charge is 0.222 e. The summed E-state index contributed by atoms with van der Waals surface area (Å²) in [5.74, 6) is 1.67. The van der Waals surface area contributed by atoms with Crippen LogP contribution >= 0.6 is 0 Å². The molecule has 0 bridgehead atoms. The molecule has 16 heavy (non-hydrogen) atoms. The minimum atomic E-state index is 0.278. The molecule has 3 saturated heterocycles. The van der Waals surface area contributed by atoms with Crippen LogP contribution in [0.1, 0.15) is 19.3 Å². The second-order valence-corrected chi connectivity index (χ2v) is 5.23. The monoisotopic (exact) mass is 224 g/mol. The van der Waals surface area contributed by atoms with Crippen molar-refractivity contribution in [3.05, 3.63) is 0 Å². The van der Waals surface area contributed by atoms with Crippen LogP contribution in [0.4, 0.5) is 0 Å². The quantitative estimate of drug-likeness (QED) is 0.730. The van der Waals surface area contributed by atoms with Gasteiger partial charge in [0.25, 0.3) is 0 Å². The van der Waals surface area contributed by atoms with Gasteiger partial charge < -0.3 is 15.0 Å². The third kappa shape index (κ3) is 1.84. The van der Waals surface area contributed by atoms with Crippen LogP contribution in [0.3, 0.4) is 0 Å². The molecule has 3 heterocycles. The molecule has 0 spiro atoms. The van der Waals surface area contributed by atoms with Crippen LogP contribution in [0.5, 0.6) is 0 Å². The number of hydrogen-bond acceptors (Lipinski definition) is 3. The summed E-state index contributed by atoms with van der Waals surface area (Å²) in [6, 6.07) is 0. The number of carbonyl (C=O) groups excluding carboxylic acids is 1. The minimum absolute atomic E-state index is 0.278. The summed E-state index contributed by atoms with van der Waals surface area (Å²) in [5.41, 5.74) is 0. The molecule has 3 aliphatic heterocycles. The molecule has 4 heteroatoms.